The molecular weight excluding hydrogens is 346 g/mol. The van der Waals surface area contributed by atoms with Crippen molar-refractivity contribution in [2.45, 2.75) is 19.8 Å². The maximum Gasteiger partial charge on any atom is 0.139 e. The number of aryl methyl sites for hydroxylation is 1. The fourth-order valence-electron chi connectivity index (χ4n) is 4.17. The Morgan fingerprint density at radius 1 is 1.14 bits per heavy atom. The first-order chi connectivity index (χ1) is 13.7. The molecule has 1 N–H and O–H groups in total. The zero-order chi connectivity index (χ0) is 19.1. The van der Waals surface area contributed by atoms with Crippen LogP contribution >= 0.6 is 0 Å². The summed E-state index contributed by atoms with van der Waals surface area (Å²) < 4.78 is 0. The fourth-order valence-corrected chi connectivity index (χ4v) is 4.17. The van der Waals surface area contributed by atoms with Crippen LogP contribution in [-0.4, -0.2) is 28.0 Å². The Bertz CT molecular complexity index is 1210. The monoisotopic (exact) mass is 367 g/mol. The number of hydrogen-bond acceptors (Lipinski definition) is 4. The quantitative estimate of drug-likeness (QED) is 0.551. The molecule has 0 bridgehead atoms. The van der Waals surface area contributed by atoms with Crippen molar-refractivity contribution in [3.63, 3.8) is 0 Å². The van der Waals surface area contributed by atoms with Crippen LogP contribution in [0, 0.1) is 24.2 Å². The lowest BCUT2D eigenvalue weighted by Crippen LogP contribution is -2.33. The van der Waals surface area contributed by atoms with Crippen molar-refractivity contribution < 1.29 is 0 Å². The van der Waals surface area contributed by atoms with Gasteiger partial charge in [0, 0.05) is 53.4 Å². The Labute approximate surface area is 163 Å². The summed E-state index contributed by atoms with van der Waals surface area (Å²) in [5.74, 6) is 0.165. The van der Waals surface area contributed by atoms with Crippen molar-refractivity contribution in [1.29, 1.82) is 5.26 Å². The zero-order valence-electron chi connectivity index (χ0n) is 15.8. The van der Waals surface area contributed by atoms with Gasteiger partial charge in [-0.05, 0) is 49.6 Å². The van der Waals surface area contributed by atoms with E-state index in [-0.39, 0.29) is 5.92 Å². The lowest BCUT2D eigenvalue weighted by molar-refractivity contribution is 0.488. The lowest BCUT2D eigenvalue weighted by atomic mass is 9.95. The van der Waals surface area contributed by atoms with Gasteiger partial charge in [0.15, 0.2) is 0 Å². The molecule has 1 aromatic carbocycles. The number of fused-ring (bicyclic) bond motifs is 2. The molecule has 0 aliphatic carbocycles. The maximum atomic E-state index is 9.25. The summed E-state index contributed by atoms with van der Waals surface area (Å²) in [7, 11) is 0. The lowest BCUT2D eigenvalue weighted by Gasteiger charge is -2.33. The van der Waals surface area contributed by atoms with Gasteiger partial charge in [-0.25, -0.2) is 4.98 Å². The number of pyridine rings is 2. The third-order valence-electron chi connectivity index (χ3n) is 5.69. The van der Waals surface area contributed by atoms with Gasteiger partial charge in [-0.3, -0.25) is 4.98 Å². The summed E-state index contributed by atoms with van der Waals surface area (Å²) in [5.41, 5.74) is 6.42. The molecule has 5 heteroatoms. The summed E-state index contributed by atoms with van der Waals surface area (Å²) in [6.45, 7) is 3.80. The number of aromatic nitrogens is 3. The summed E-state index contributed by atoms with van der Waals surface area (Å²) in [6, 6.07) is 15.1. The Balaban J connectivity index is 1.65. The first kappa shape index (κ1) is 16.8. The summed E-state index contributed by atoms with van der Waals surface area (Å²) in [5, 5.41) is 11.5. The van der Waals surface area contributed by atoms with Crippen molar-refractivity contribution in [2.75, 3.05) is 18.0 Å². The Kier molecular flexibility index (Phi) is 3.98. The molecule has 4 aromatic rings. The molecule has 0 spiro atoms. The van der Waals surface area contributed by atoms with Crippen molar-refractivity contribution in [3.8, 4) is 17.2 Å². The van der Waals surface area contributed by atoms with E-state index in [9.17, 15) is 5.26 Å². The van der Waals surface area contributed by atoms with Crippen LogP contribution < -0.4 is 4.90 Å². The van der Waals surface area contributed by atoms with Crippen LogP contribution in [0.1, 0.15) is 18.5 Å². The molecule has 1 fully saturated rings. The standard InChI is InChI=1S/C23H21N5/c1-15-2-3-18-12-17(4-5-21(18)27-15)20-14-26-23-19(6-9-25-23)22(20)28-10-7-16(13-24)8-11-28/h2-6,9,12,14,16H,7-8,10-11H2,1H3,(H,25,26). The normalized spacial score (nSPS) is 15.2. The highest BCUT2D eigenvalue weighted by atomic mass is 15.1. The van der Waals surface area contributed by atoms with E-state index in [4.69, 9.17) is 0 Å². The average molecular weight is 367 g/mol. The minimum atomic E-state index is 0.165. The number of piperidine rings is 1. The summed E-state index contributed by atoms with van der Waals surface area (Å²) in [4.78, 5) is 14.9. The fraction of sp³-hybridized carbons (Fsp3) is 0.261. The van der Waals surface area contributed by atoms with E-state index in [1.54, 1.807) is 0 Å². The number of rotatable bonds is 2. The minimum absolute atomic E-state index is 0.165. The molecule has 1 aliphatic rings. The molecule has 0 unspecified atom stereocenters. The van der Waals surface area contributed by atoms with Crippen molar-refractivity contribution in [2.24, 2.45) is 5.92 Å². The molecule has 0 saturated carbocycles. The number of H-pyrrole nitrogens is 1. The first-order valence-electron chi connectivity index (χ1n) is 9.71. The average Bonchev–Trinajstić information content (AvgIpc) is 3.21. The van der Waals surface area contributed by atoms with Crippen LogP contribution in [0.25, 0.3) is 33.1 Å². The molecule has 5 nitrogen and oxygen atoms in total. The second-order valence-electron chi connectivity index (χ2n) is 7.51. The SMILES string of the molecule is Cc1ccc2cc(-c3cnc4[nH]ccc4c3N3CCC(C#N)CC3)ccc2n1. The second-order valence-corrected chi connectivity index (χ2v) is 7.51. The van der Waals surface area contributed by atoms with Gasteiger partial charge < -0.3 is 9.88 Å². The van der Waals surface area contributed by atoms with Gasteiger partial charge in [-0.2, -0.15) is 5.26 Å². The van der Waals surface area contributed by atoms with Gasteiger partial charge in [-0.15, -0.1) is 0 Å². The molecule has 0 radical (unpaired) electrons. The minimum Gasteiger partial charge on any atom is -0.370 e. The van der Waals surface area contributed by atoms with Crippen LogP contribution in [-0.2, 0) is 0 Å². The molecule has 28 heavy (non-hydrogen) atoms. The highest BCUT2D eigenvalue weighted by Gasteiger charge is 2.23. The van der Waals surface area contributed by atoms with E-state index in [1.165, 1.54) is 5.69 Å². The molecular formula is C23H21N5. The maximum absolute atomic E-state index is 9.25. The predicted octanol–water partition coefficient (Wildman–Crippen LogP) is 4.83. The van der Waals surface area contributed by atoms with E-state index in [1.807, 2.05) is 25.4 Å². The van der Waals surface area contributed by atoms with Crippen LogP contribution in [0.5, 0.6) is 0 Å². The number of nitriles is 1. The molecule has 0 atom stereocenters. The molecule has 1 saturated heterocycles. The van der Waals surface area contributed by atoms with Crippen molar-refractivity contribution in [1.82, 2.24) is 15.0 Å². The summed E-state index contributed by atoms with van der Waals surface area (Å²) >= 11 is 0. The molecule has 1 aliphatic heterocycles. The first-order valence-corrected chi connectivity index (χ1v) is 9.71. The Morgan fingerprint density at radius 3 is 2.82 bits per heavy atom. The van der Waals surface area contributed by atoms with Crippen LogP contribution in [0.2, 0.25) is 0 Å². The number of nitrogens with one attached hydrogen (secondary N) is 1. The van der Waals surface area contributed by atoms with Gasteiger partial charge in [-0.1, -0.05) is 12.1 Å². The van der Waals surface area contributed by atoms with Crippen LogP contribution in [0.15, 0.2) is 48.8 Å². The van der Waals surface area contributed by atoms with Gasteiger partial charge in [0.2, 0.25) is 0 Å². The number of benzene rings is 1. The molecule has 138 valence electrons. The third kappa shape index (κ3) is 2.78. The number of anilines is 1. The molecule has 0 amide bonds. The van der Waals surface area contributed by atoms with Crippen LogP contribution in [0.4, 0.5) is 5.69 Å². The van der Waals surface area contributed by atoms with E-state index >= 15 is 0 Å². The molecule has 4 heterocycles. The van der Waals surface area contributed by atoms with Crippen molar-refractivity contribution in [3.05, 3.63) is 54.5 Å². The van der Waals surface area contributed by atoms with Crippen LogP contribution in [0.3, 0.4) is 0 Å². The smallest absolute Gasteiger partial charge is 0.139 e. The molecule has 3 aromatic heterocycles. The van der Waals surface area contributed by atoms with E-state index < -0.39 is 0 Å². The van der Waals surface area contributed by atoms with Gasteiger partial charge in [0.25, 0.3) is 0 Å². The molecule has 5 rings (SSSR count). The topological polar surface area (TPSA) is 68.6 Å². The Morgan fingerprint density at radius 2 is 2.00 bits per heavy atom. The van der Waals surface area contributed by atoms with E-state index in [0.29, 0.717) is 0 Å². The Hall–Kier alpha value is -3.39. The van der Waals surface area contributed by atoms with Gasteiger partial charge in [0.1, 0.15) is 5.65 Å². The largest absolute Gasteiger partial charge is 0.370 e. The number of nitrogens with zero attached hydrogens (tertiary/aromatic N) is 4. The number of hydrogen-bond donors (Lipinski definition) is 1. The van der Waals surface area contributed by atoms with Gasteiger partial charge in [0.05, 0.1) is 17.3 Å². The third-order valence-corrected chi connectivity index (χ3v) is 5.69. The summed E-state index contributed by atoms with van der Waals surface area (Å²) in [6.07, 6.45) is 5.73. The van der Waals surface area contributed by atoms with Gasteiger partial charge >= 0.3 is 0 Å². The zero-order valence-corrected chi connectivity index (χ0v) is 15.8. The highest BCUT2D eigenvalue weighted by molar-refractivity contribution is 6.00. The van der Waals surface area contributed by atoms with Crippen molar-refractivity contribution >= 4 is 27.6 Å². The highest BCUT2D eigenvalue weighted by Crippen LogP contribution is 2.38. The number of aromatic amines is 1. The van der Waals surface area contributed by atoms with E-state index in [2.05, 4.69) is 56.3 Å². The predicted molar refractivity (Wildman–Crippen MR) is 112 cm³/mol. The second kappa shape index (κ2) is 6.65. The van der Waals surface area contributed by atoms with E-state index in [0.717, 1.165) is 64.7 Å².